The van der Waals surface area contributed by atoms with Crippen molar-refractivity contribution in [1.82, 2.24) is 15.1 Å². The number of amides is 1. The van der Waals surface area contributed by atoms with Crippen LogP contribution in [0, 0.1) is 6.92 Å². The molecule has 0 unspecified atom stereocenters. The zero-order valence-corrected chi connectivity index (χ0v) is 18.8. The smallest absolute Gasteiger partial charge is 0.341 e. The lowest BCUT2D eigenvalue weighted by Gasteiger charge is -2.10. The number of carbonyl (C=O) groups excluding carboxylic acids is 2. The molecule has 2 aromatic carbocycles. The Morgan fingerprint density at radius 2 is 1.87 bits per heavy atom. The summed E-state index contributed by atoms with van der Waals surface area (Å²) in [7, 11) is 2.76. The maximum Gasteiger partial charge on any atom is 0.341 e. The zero-order chi connectivity index (χ0) is 22.5. The van der Waals surface area contributed by atoms with Gasteiger partial charge in [0, 0.05) is 11.6 Å². The lowest BCUT2D eigenvalue weighted by atomic mass is 10.1. The van der Waals surface area contributed by atoms with Gasteiger partial charge in [-0.3, -0.25) is 4.79 Å². The summed E-state index contributed by atoms with van der Waals surface area (Å²) < 4.78 is 11.5. The van der Waals surface area contributed by atoms with Crippen LogP contribution in [0.5, 0.6) is 5.75 Å². The molecule has 0 saturated heterocycles. The predicted octanol–water partition coefficient (Wildman–Crippen LogP) is 4.27. The third-order valence-corrected chi connectivity index (χ3v) is 5.45. The molecule has 7 nitrogen and oxygen atoms in total. The van der Waals surface area contributed by atoms with Crippen LogP contribution >= 0.6 is 23.2 Å². The fourth-order valence-electron chi connectivity index (χ4n) is 3.11. The topological polar surface area (TPSA) is 82.5 Å². The SMILES string of the molecule is COC(=O)c1cc(CNC(=O)c2c(C)nn(Cc3ccccc3Cl)c2Cl)ccc1OC. The Kier molecular flexibility index (Phi) is 7.20. The lowest BCUT2D eigenvalue weighted by Crippen LogP contribution is -2.23. The summed E-state index contributed by atoms with van der Waals surface area (Å²) in [6.45, 7) is 2.23. The van der Waals surface area contributed by atoms with E-state index in [1.807, 2.05) is 18.2 Å². The third-order valence-electron chi connectivity index (χ3n) is 4.69. The highest BCUT2D eigenvalue weighted by Gasteiger charge is 2.21. The Hall–Kier alpha value is -3.03. The van der Waals surface area contributed by atoms with Crippen molar-refractivity contribution in [2.75, 3.05) is 14.2 Å². The maximum absolute atomic E-state index is 12.8. The predicted molar refractivity (Wildman–Crippen MR) is 118 cm³/mol. The summed E-state index contributed by atoms with van der Waals surface area (Å²) in [5.41, 5.74) is 2.61. The van der Waals surface area contributed by atoms with Crippen molar-refractivity contribution >= 4 is 35.1 Å². The molecule has 0 fully saturated rings. The van der Waals surface area contributed by atoms with Crippen molar-refractivity contribution in [1.29, 1.82) is 0 Å². The molecule has 1 aromatic heterocycles. The number of aromatic nitrogens is 2. The third kappa shape index (κ3) is 5.00. The highest BCUT2D eigenvalue weighted by atomic mass is 35.5. The first-order valence-corrected chi connectivity index (χ1v) is 10.1. The largest absolute Gasteiger partial charge is 0.496 e. The van der Waals surface area contributed by atoms with Crippen LogP contribution in [0.15, 0.2) is 42.5 Å². The first kappa shape index (κ1) is 22.7. The molecular weight excluding hydrogens is 441 g/mol. The zero-order valence-electron chi connectivity index (χ0n) is 17.2. The number of nitrogens with zero attached hydrogens (tertiary/aromatic N) is 2. The van der Waals surface area contributed by atoms with Gasteiger partial charge in [-0.15, -0.1) is 0 Å². The van der Waals surface area contributed by atoms with Gasteiger partial charge >= 0.3 is 5.97 Å². The molecule has 0 bridgehead atoms. The molecule has 31 heavy (non-hydrogen) atoms. The number of hydrogen-bond donors (Lipinski definition) is 1. The van der Waals surface area contributed by atoms with Gasteiger partial charge < -0.3 is 14.8 Å². The first-order valence-electron chi connectivity index (χ1n) is 9.35. The van der Waals surface area contributed by atoms with Crippen molar-refractivity contribution in [2.45, 2.75) is 20.0 Å². The van der Waals surface area contributed by atoms with Gasteiger partial charge in [-0.25, -0.2) is 9.48 Å². The van der Waals surface area contributed by atoms with Crippen molar-refractivity contribution in [3.05, 3.63) is 80.6 Å². The van der Waals surface area contributed by atoms with Gasteiger partial charge in [0.2, 0.25) is 0 Å². The quantitative estimate of drug-likeness (QED) is 0.531. The number of ether oxygens (including phenoxy) is 2. The standard InChI is InChI=1S/C22H21Cl2N3O4/c1-13-19(20(24)27(26-13)12-15-6-4-5-7-17(15)23)21(28)25-11-14-8-9-18(30-2)16(10-14)22(29)31-3/h4-10H,11-12H2,1-3H3,(H,25,28). The number of esters is 1. The summed E-state index contributed by atoms with van der Waals surface area (Å²) in [4.78, 5) is 24.7. The number of methoxy groups -OCH3 is 2. The van der Waals surface area contributed by atoms with Gasteiger partial charge in [0.05, 0.1) is 32.0 Å². The molecule has 9 heteroatoms. The molecule has 162 valence electrons. The Labute approximate surface area is 189 Å². The van der Waals surface area contributed by atoms with Crippen LogP contribution in [0.25, 0.3) is 0 Å². The number of rotatable bonds is 7. The minimum absolute atomic E-state index is 0.179. The van der Waals surface area contributed by atoms with Gasteiger partial charge in [0.1, 0.15) is 16.5 Å². The second-order valence-electron chi connectivity index (χ2n) is 6.71. The molecule has 1 N–H and O–H groups in total. The molecule has 0 saturated carbocycles. The second kappa shape index (κ2) is 9.85. The summed E-state index contributed by atoms with van der Waals surface area (Å²) in [6.07, 6.45) is 0. The Morgan fingerprint density at radius 3 is 2.55 bits per heavy atom. The van der Waals surface area contributed by atoms with Gasteiger partial charge in [0.15, 0.2) is 0 Å². The van der Waals surface area contributed by atoms with Crippen LogP contribution in [-0.2, 0) is 17.8 Å². The van der Waals surface area contributed by atoms with Crippen molar-refractivity contribution in [3.8, 4) is 5.75 Å². The van der Waals surface area contributed by atoms with E-state index in [9.17, 15) is 9.59 Å². The van der Waals surface area contributed by atoms with Crippen LogP contribution in [0.3, 0.4) is 0 Å². The fourth-order valence-corrected chi connectivity index (χ4v) is 3.62. The molecule has 0 aliphatic rings. The van der Waals surface area contributed by atoms with E-state index in [1.165, 1.54) is 18.9 Å². The molecule has 0 radical (unpaired) electrons. The van der Waals surface area contributed by atoms with E-state index in [1.54, 1.807) is 31.2 Å². The van der Waals surface area contributed by atoms with Gasteiger partial charge in [-0.05, 0) is 36.2 Å². The normalized spacial score (nSPS) is 10.6. The molecule has 0 aliphatic heterocycles. The van der Waals surface area contributed by atoms with Crippen molar-refractivity contribution < 1.29 is 19.1 Å². The number of halogens is 2. The first-order chi connectivity index (χ1) is 14.8. The van der Waals surface area contributed by atoms with Crippen molar-refractivity contribution in [3.63, 3.8) is 0 Å². The Bertz CT molecular complexity index is 1130. The van der Waals surface area contributed by atoms with E-state index < -0.39 is 5.97 Å². The highest BCUT2D eigenvalue weighted by Crippen LogP contribution is 2.24. The average Bonchev–Trinajstić information content (AvgIpc) is 3.05. The fraction of sp³-hybridized carbons (Fsp3) is 0.227. The number of aryl methyl sites for hydroxylation is 1. The van der Waals surface area contributed by atoms with Crippen molar-refractivity contribution in [2.24, 2.45) is 0 Å². The van der Waals surface area contributed by atoms with Crippen LogP contribution in [0.4, 0.5) is 0 Å². The molecule has 3 rings (SSSR count). The average molecular weight is 462 g/mol. The molecular formula is C22H21Cl2N3O4. The number of carbonyl (C=O) groups is 2. The van der Waals surface area contributed by atoms with Gasteiger partial charge in [0.25, 0.3) is 5.91 Å². The summed E-state index contributed by atoms with van der Waals surface area (Å²) >= 11 is 12.7. The van der Waals surface area contributed by atoms with E-state index in [2.05, 4.69) is 10.4 Å². The lowest BCUT2D eigenvalue weighted by molar-refractivity contribution is 0.0597. The molecule has 3 aromatic rings. The minimum atomic E-state index is -0.523. The summed E-state index contributed by atoms with van der Waals surface area (Å²) in [5.74, 6) is -0.505. The number of benzene rings is 2. The van der Waals surface area contributed by atoms with E-state index in [0.29, 0.717) is 28.6 Å². The molecule has 1 amide bonds. The summed E-state index contributed by atoms with van der Waals surface area (Å²) in [5, 5.41) is 8.01. The monoisotopic (exact) mass is 461 g/mol. The van der Waals surface area contributed by atoms with Crippen LogP contribution < -0.4 is 10.1 Å². The number of hydrogen-bond acceptors (Lipinski definition) is 5. The van der Waals surface area contributed by atoms with E-state index in [0.717, 1.165) is 5.56 Å². The minimum Gasteiger partial charge on any atom is -0.496 e. The van der Waals surface area contributed by atoms with Gasteiger partial charge in [-0.1, -0.05) is 47.5 Å². The second-order valence-corrected chi connectivity index (χ2v) is 7.47. The summed E-state index contributed by atoms with van der Waals surface area (Å²) in [6, 6.07) is 12.4. The van der Waals surface area contributed by atoms with Crippen LogP contribution in [0.1, 0.15) is 37.5 Å². The Morgan fingerprint density at radius 1 is 1.13 bits per heavy atom. The van der Waals surface area contributed by atoms with Crippen LogP contribution in [-0.4, -0.2) is 35.9 Å². The van der Waals surface area contributed by atoms with Gasteiger partial charge in [-0.2, -0.15) is 5.10 Å². The van der Waals surface area contributed by atoms with E-state index in [-0.39, 0.29) is 28.7 Å². The van der Waals surface area contributed by atoms with E-state index in [4.69, 9.17) is 32.7 Å². The molecule has 1 heterocycles. The Balaban J connectivity index is 1.76. The maximum atomic E-state index is 12.8. The highest BCUT2D eigenvalue weighted by molar-refractivity contribution is 6.33. The molecule has 0 spiro atoms. The van der Waals surface area contributed by atoms with Crippen LogP contribution in [0.2, 0.25) is 10.2 Å². The molecule has 0 aliphatic carbocycles. The number of nitrogens with one attached hydrogen (secondary N) is 1. The van der Waals surface area contributed by atoms with E-state index >= 15 is 0 Å². The molecule has 0 atom stereocenters.